The van der Waals surface area contributed by atoms with Gasteiger partial charge in [0.15, 0.2) is 0 Å². The van der Waals surface area contributed by atoms with E-state index in [1.54, 1.807) is 0 Å². The van der Waals surface area contributed by atoms with Crippen LogP contribution in [0.4, 0.5) is 0 Å². The van der Waals surface area contributed by atoms with Crippen molar-refractivity contribution in [3.63, 3.8) is 0 Å². The Kier molecular flexibility index (Phi) is 18.8. The smallest absolute Gasteiger partial charge is 0.305 e. The zero-order chi connectivity index (χ0) is 22.6. The van der Waals surface area contributed by atoms with Crippen molar-refractivity contribution in [3.8, 4) is 0 Å². The van der Waals surface area contributed by atoms with Crippen LogP contribution in [0, 0.1) is 0 Å². The number of ether oxygens (including phenoxy) is 5. The minimum absolute atomic E-state index is 0.0193. The average Bonchev–Trinajstić information content (AvgIpc) is 2.71. The van der Waals surface area contributed by atoms with Crippen LogP contribution in [-0.4, -0.2) is 99.4 Å². The van der Waals surface area contributed by atoms with Crippen molar-refractivity contribution < 1.29 is 48.6 Å². The highest BCUT2D eigenvalue weighted by Crippen LogP contribution is 2.08. The molecule has 0 aliphatic carbocycles. The van der Waals surface area contributed by atoms with E-state index >= 15 is 0 Å². The first-order valence-corrected chi connectivity index (χ1v) is 10.3. The summed E-state index contributed by atoms with van der Waals surface area (Å²) in [7, 11) is 2.83. The molecule has 10 heteroatoms. The van der Waals surface area contributed by atoms with Crippen LogP contribution in [-0.2, 0) is 33.3 Å². The fourth-order valence-corrected chi connectivity index (χ4v) is 2.45. The fourth-order valence-electron chi connectivity index (χ4n) is 2.45. The molecule has 0 saturated heterocycles. The maximum absolute atomic E-state index is 11.6. The molecule has 3 unspecified atom stereocenters. The predicted molar refractivity (Wildman–Crippen MR) is 107 cm³/mol. The Morgan fingerprint density at radius 3 is 1.57 bits per heavy atom. The molecule has 0 fully saturated rings. The summed E-state index contributed by atoms with van der Waals surface area (Å²) >= 11 is 0. The van der Waals surface area contributed by atoms with E-state index in [-0.39, 0.29) is 58.0 Å². The van der Waals surface area contributed by atoms with Crippen LogP contribution in [0.15, 0.2) is 0 Å². The Bertz CT molecular complexity index is 432. The third kappa shape index (κ3) is 18.7. The van der Waals surface area contributed by atoms with E-state index in [0.29, 0.717) is 12.8 Å². The molecule has 0 aliphatic rings. The van der Waals surface area contributed by atoms with Gasteiger partial charge in [0, 0.05) is 20.0 Å². The summed E-state index contributed by atoms with van der Waals surface area (Å²) in [5.41, 5.74) is 0. The van der Waals surface area contributed by atoms with Gasteiger partial charge in [0.05, 0.1) is 40.1 Å². The van der Waals surface area contributed by atoms with Crippen molar-refractivity contribution >= 4 is 11.9 Å². The minimum Gasteiger partial charge on any atom is -0.469 e. The summed E-state index contributed by atoms with van der Waals surface area (Å²) in [5.74, 6) is -0.589. The Labute approximate surface area is 178 Å². The molecule has 178 valence electrons. The monoisotopic (exact) mass is 438 g/mol. The molecule has 0 aliphatic heterocycles. The molecular formula is C20H38O10. The third-order valence-corrected chi connectivity index (χ3v) is 4.03. The number of rotatable bonds is 20. The Balaban J connectivity index is 3.55. The van der Waals surface area contributed by atoms with Crippen molar-refractivity contribution in [2.45, 2.75) is 63.3 Å². The van der Waals surface area contributed by atoms with Gasteiger partial charge in [0.2, 0.25) is 0 Å². The van der Waals surface area contributed by atoms with Crippen molar-refractivity contribution in [3.05, 3.63) is 0 Å². The second-order valence-corrected chi connectivity index (χ2v) is 7.02. The largest absolute Gasteiger partial charge is 0.469 e. The molecule has 0 aromatic carbocycles. The highest BCUT2D eigenvalue weighted by molar-refractivity contribution is 5.69. The number of unbranched alkanes of at least 4 members (excludes halogenated alkanes) is 4. The number of hydrogen-bond donors (Lipinski definition) is 3. The molecule has 0 radical (unpaired) electrons. The lowest BCUT2D eigenvalue weighted by atomic mass is 10.1. The molecule has 0 aromatic heterocycles. The standard InChI is InChI=1S/C20H38O10/c1-26-10-16(21)11-28-12-17(22)13-29-14-18(23)15-30-20(25)9-7-5-3-4-6-8-19(24)27-2/h16-18,21-23H,3-15H2,1-2H3. The summed E-state index contributed by atoms with van der Waals surface area (Å²) in [6.45, 7) is -0.147. The summed E-state index contributed by atoms with van der Waals surface area (Å²) in [6.07, 6.45) is 2.22. The van der Waals surface area contributed by atoms with Crippen molar-refractivity contribution in [1.29, 1.82) is 0 Å². The predicted octanol–water partition coefficient (Wildman–Crippen LogP) is 0.196. The van der Waals surface area contributed by atoms with Crippen molar-refractivity contribution in [2.24, 2.45) is 0 Å². The van der Waals surface area contributed by atoms with Gasteiger partial charge in [0.1, 0.15) is 24.9 Å². The normalized spacial score (nSPS) is 14.2. The van der Waals surface area contributed by atoms with Gasteiger partial charge in [-0.3, -0.25) is 9.59 Å². The third-order valence-electron chi connectivity index (χ3n) is 4.03. The van der Waals surface area contributed by atoms with Crippen LogP contribution in [0.1, 0.15) is 44.9 Å². The van der Waals surface area contributed by atoms with E-state index in [2.05, 4.69) is 4.74 Å². The second-order valence-electron chi connectivity index (χ2n) is 7.02. The molecule has 0 heterocycles. The first-order valence-electron chi connectivity index (χ1n) is 10.3. The Morgan fingerprint density at radius 1 is 0.633 bits per heavy atom. The molecule has 0 aromatic rings. The van der Waals surface area contributed by atoms with Crippen LogP contribution in [0.3, 0.4) is 0 Å². The van der Waals surface area contributed by atoms with Gasteiger partial charge >= 0.3 is 11.9 Å². The zero-order valence-corrected chi connectivity index (χ0v) is 18.1. The lowest BCUT2D eigenvalue weighted by Gasteiger charge is -2.16. The first kappa shape index (κ1) is 28.7. The van der Waals surface area contributed by atoms with E-state index in [1.165, 1.54) is 14.2 Å². The number of carbonyl (C=O) groups is 2. The second kappa shape index (κ2) is 19.7. The van der Waals surface area contributed by atoms with Gasteiger partial charge in [-0.15, -0.1) is 0 Å². The zero-order valence-electron chi connectivity index (χ0n) is 18.1. The summed E-state index contributed by atoms with van der Waals surface area (Å²) in [6, 6.07) is 0. The molecule has 0 spiro atoms. The van der Waals surface area contributed by atoms with Crippen molar-refractivity contribution in [2.75, 3.05) is 53.9 Å². The summed E-state index contributed by atoms with van der Waals surface area (Å²) < 4.78 is 24.6. The lowest BCUT2D eigenvalue weighted by Crippen LogP contribution is -2.29. The quantitative estimate of drug-likeness (QED) is 0.178. The maximum Gasteiger partial charge on any atom is 0.305 e. The van der Waals surface area contributed by atoms with E-state index in [4.69, 9.17) is 18.9 Å². The number of aliphatic hydroxyl groups is 3. The molecule has 3 atom stereocenters. The lowest BCUT2D eigenvalue weighted by molar-refractivity contribution is -0.148. The number of carbonyl (C=O) groups excluding carboxylic acids is 2. The summed E-state index contributed by atoms with van der Waals surface area (Å²) in [4.78, 5) is 22.6. The van der Waals surface area contributed by atoms with E-state index in [9.17, 15) is 24.9 Å². The maximum atomic E-state index is 11.6. The van der Waals surface area contributed by atoms with E-state index in [0.717, 1.165) is 25.7 Å². The highest BCUT2D eigenvalue weighted by Gasteiger charge is 2.12. The molecule has 30 heavy (non-hydrogen) atoms. The molecule has 0 saturated carbocycles. The molecular weight excluding hydrogens is 400 g/mol. The van der Waals surface area contributed by atoms with E-state index < -0.39 is 18.3 Å². The number of esters is 2. The Hall–Kier alpha value is -1.30. The van der Waals surface area contributed by atoms with Gasteiger partial charge in [-0.2, -0.15) is 0 Å². The van der Waals surface area contributed by atoms with Crippen LogP contribution in [0.25, 0.3) is 0 Å². The highest BCUT2D eigenvalue weighted by atomic mass is 16.6. The van der Waals surface area contributed by atoms with Gasteiger partial charge in [-0.25, -0.2) is 0 Å². The molecule has 0 rings (SSSR count). The van der Waals surface area contributed by atoms with Gasteiger partial charge in [-0.1, -0.05) is 19.3 Å². The van der Waals surface area contributed by atoms with Crippen LogP contribution in [0.2, 0.25) is 0 Å². The van der Waals surface area contributed by atoms with E-state index in [1.807, 2.05) is 0 Å². The molecule has 0 bridgehead atoms. The van der Waals surface area contributed by atoms with Crippen molar-refractivity contribution in [1.82, 2.24) is 0 Å². The van der Waals surface area contributed by atoms with Gasteiger partial charge < -0.3 is 39.0 Å². The summed E-state index contributed by atoms with van der Waals surface area (Å²) in [5, 5.41) is 28.8. The van der Waals surface area contributed by atoms with Gasteiger partial charge in [0.25, 0.3) is 0 Å². The Morgan fingerprint density at radius 2 is 1.07 bits per heavy atom. The first-order chi connectivity index (χ1) is 14.4. The number of aliphatic hydroxyl groups excluding tert-OH is 3. The molecule has 3 N–H and O–H groups in total. The van der Waals surface area contributed by atoms with Crippen LogP contribution >= 0.6 is 0 Å². The van der Waals surface area contributed by atoms with Crippen LogP contribution in [0.5, 0.6) is 0 Å². The number of hydrogen-bond acceptors (Lipinski definition) is 10. The SMILES string of the molecule is COCC(O)COCC(O)COCC(O)COC(=O)CCCCCCCC(=O)OC. The number of methoxy groups -OCH3 is 2. The topological polar surface area (TPSA) is 141 Å². The molecule has 10 nitrogen and oxygen atoms in total. The minimum atomic E-state index is -0.982. The molecule has 0 amide bonds. The van der Waals surface area contributed by atoms with Crippen LogP contribution < -0.4 is 0 Å². The average molecular weight is 439 g/mol. The fraction of sp³-hybridized carbons (Fsp3) is 0.900. The van der Waals surface area contributed by atoms with Gasteiger partial charge in [-0.05, 0) is 12.8 Å².